The van der Waals surface area contributed by atoms with Gasteiger partial charge in [0, 0.05) is 38.4 Å². The lowest BCUT2D eigenvalue weighted by molar-refractivity contribution is -0.120. The molecule has 4 heterocycles. The highest BCUT2D eigenvalue weighted by Crippen LogP contribution is 2.52. The lowest BCUT2D eigenvalue weighted by Crippen LogP contribution is -2.49. The minimum atomic E-state index is -0.531. The first kappa shape index (κ1) is 20.7. The van der Waals surface area contributed by atoms with Gasteiger partial charge in [0.15, 0.2) is 5.82 Å². The Labute approximate surface area is 185 Å². The molecule has 0 saturated carbocycles. The summed E-state index contributed by atoms with van der Waals surface area (Å²) in [5.41, 5.74) is 0.968. The molecule has 0 spiro atoms. The molecule has 5 rings (SSSR count). The second-order valence-corrected chi connectivity index (χ2v) is 9.61. The number of imide groups is 1. The summed E-state index contributed by atoms with van der Waals surface area (Å²) in [6, 6.07) is 5.54. The Kier molecular flexibility index (Phi) is 4.49. The third-order valence-electron chi connectivity index (χ3n) is 6.24. The highest BCUT2D eigenvalue weighted by atomic mass is 16.6. The average molecular weight is 441 g/mol. The van der Waals surface area contributed by atoms with Gasteiger partial charge >= 0.3 is 12.1 Å². The van der Waals surface area contributed by atoms with Crippen LogP contribution in [0.25, 0.3) is 10.9 Å². The molecule has 2 aromatic rings. The SMILES string of the molecule is Cn1nc(N2CCC(=O)NC2=O)c2ccc(C34CCN(C(=O)OC(C)(C)C)CC3O4)cc21. The first-order valence-corrected chi connectivity index (χ1v) is 10.8. The molecule has 0 radical (unpaired) electrons. The molecule has 1 N–H and O–H groups in total. The predicted octanol–water partition coefficient (Wildman–Crippen LogP) is 2.25. The Balaban J connectivity index is 1.37. The van der Waals surface area contributed by atoms with Crippen LogP contribution in [0, 0.1) is 0 Å². The molecule has 2 unspecified atom stereocenters. The fourth-order valence-electron chi connectivity index (χ4n) is 4.57. The fourth-order valence-corrected chi connectivity index (χ4v) is 4.57. The summed E-state index contributed by atoms with van der Waals surface area (Å²) >= 11 is 0. The molecule has 4 amide bonds. The van der Waals surface area contributed by atoms with E-state index in [1.165, 1.54) is 4.90 Å². The number of hydrogen-bond acceptors (Lipinski definition) is 6. The van der Waals surface area contributed by atoms with Crippen LogP contribution in [0.1, 0.15) is 39.2 Å². The van der Waals surface area contributed by atoms with Crippen LogP contribution in [0.2, 0.25) is 0 Å². The van der Waals surface area contributed by atoms with Gasteiger partial charge in [0.1, 0.15) is 17.3 Å². The molecule has 10 nitrogen and oxygen atoms in total. The quantitative estimate of drug-likeness (QED) is 0.716. The minimum absolute atomic E-state index is 0.0761. The summed E-state index contributed by atoms with van der Waals surface area (Å²) in [4.78, 5) is 39.4. The number of carbonyl (C=O) groups is 3. The molecule has 1 aromatic heterocycles. The van der Waals surface area contributed by atoms with Crippen LogP contribution < -0.4 is 10.2 Å². The van der Waals surface area contributed by atoms with Gasteiger partial charge in [-0.2, -0.15) is 5.10 Å². The van der Waals surface area contributed by atoms with Crippen LogP contribution in [-0.4, -0.2) is 64.1 Å². The summed E-state index contributed by atoms with van der Waals surface area (Å²) in [5.74, 6) is 0.257. The number of fused-ring (bicyclic) bond motifs is 2. The van der Waals surface area contributed by atoms with E-state index < -0.39 is 17.2 Å². The Morgan fingerprint density at radius 1 is 1.28 bits per heavy atom. The molecule has 3 aliphatic rings. The van der Waals surface area contributed by atoms with Crippen molar-refractivity contribution in [3.63, 3.8) is 0 Å². The van der Waals surface area contributed by atoms with E-state index in [1.54, 1.807) is 9.58 Å². The van der Waals surface area contributed by atoms with Gasteiger partial charge in [-0.15, -0.1) is 0 Å². The number of anilines is 1. The molecule has 3 saturated heterocycles. The Morgan fingerprint density at radius 3 is 2.75 bits per heavy atom. The number of piperidine rings is 1. The van der Waals surface area contributed by atoms with Crippen LogP contribution in [0.3, 0.4) is 0 Å². The third kappa shape index (κ3) is 3.38. The number of aryl methyl sites for hydroxylation is 1. The number of epoxide rings is 1. The molecular weight excluding hydrogens is 414 g/mol. The number of nitrogens with one attached hydrogen (secondary N) is 1. The van der Waals surface area contributed by atoms with E-state index >= 15 is 0 Å². The van der Waals surface area contributed by atoms with Gasteiger partial charge < -0.3 is 14.4 Å². The van der Waals surface area contributed by atoms with Gasteiger partial charge in [-0.05, 0) is 38.5 Å². The summed E-state index contributed by atoms with van der Waals surface area (Å²) < 4.78 is 13.3. The molecular formula is C22H27N5O5. The maximum atomic E-state index is 12.4. The summed E-state index contributed by atoms with van der Waals surface area (Å²) in [7, 11) is 1.83. The van der Waals surface area contributed by atoms with E-state index in [0.29, 0.717) is 31.9 Å². The topological polar surface area (TPSA) is 109 Å². The normalized spacial score (nSPS) is 25.6. The van der Waals surface area contributed by atoms with Gasteiger partial charge in [0.05, 0.1) is 12.1 Å². The maximum Gasteiger partial charge on any atom is 0.410 e. The van der Waals surface area contributed by atoms with Crippen molar-refractivity contribution in [2.24, 2.45) is 7.05 Å². The van der Waals surface area contributed by atoms with Crippen LogP contribution in [-0.2, 0) is 26.9 Å². The van der Waals surface area contributed by atoms with Gasteiger partial charge in [-0.25, -0.2) is 9.59 Å². The molecule has 3 fully saturated rings. The van der Waals surface area contributed by atoms with E-state index in [1.807, 2.05) is 46.0 Å². The second-order valence-electron chi connectivity index (χ2n) is 9.61. The molecule has 0 aliphatic carbocycles. The molecule has 3 aliphatic heterocycles. The van der Waals surface area contributed by atoms with Crippen molar-refractivity contribution in [2.75, 3.05) is 24.5 Å². The number of urea groups is 1. The lowest BCUT2D eigenvalue weighted by atomic mass is 9.88. The van der Waals surface area contributed by atoms with Crippen LogP contribution in [0.15, 0.2) is 18.2 Å². The molecule has 32 heavy (non-hydrogen) atoms. The maximum absolute atomic E-state index is 12.4. The Bertz CT molecular complexity index is 1140. The van der Waals surface area contributed by atoms with Crippen molar-refractivity contribution in [3.8, 4) is 0 Å². The summed E-state index contributed by atoms with van der Waals surface area (Å²) in [6.45, 7) is 6.92. The number of hydrogen-bond donors (Lipinski definition) is 1. The molecule has 2 atom stereocenters. The second kappa shape index (κ2) is 6.93. The highest BCUT2D eigenvalue weighted by Gasteiger charge is 2.61. The molecule has 1 aromatic carbocycles. The number of aromatic nitrogens is 2. The Hall–Kier alpha value is -3.14. The van der Waals surface area contributed by atoms with Gasteiger partial charge in [-0.1, -0.05) is 6.07 Å². The van der Waals surface area contributed by atoms with Crippen molar-refractivity contribution in [3.05, 3.63) is 23.8 Å². The zero-order valence-corrected chi connectivity index (χ0v) is 18.7. The zero-order valence-electron chi connectivity index (χ0n) is 18.7. The number of rotatable bonds is 2. The number of amides is 4. The highest BCUT2D eigenvalue weighted by molar-refractivity contribution is 6.08. The average Bonchev–Trinajstić information content (AvgIpc) is 3.37. The molecule has 170 valence electrons. The smallest absolute Gasteiger partial charge is 0.410 e. The van der Waals surface area contributed by atoms with Crippen LogP contribution in [0.5, 0.6) is 0 Å². The van der Waals surface area contributed by atoms with E-state index in [9.17, 15) is 14.4 Å². The number of benzene rings is 1. The van der Waals surface area contributed by atoms with Crippen molar-refractivity contribution < 1.29 is 23.9 Å². The fraction of sp³-hybridized carbons (Fsp3) is 0.545. The number of nitrogens with zero attached hydrogens (tertiary/aromatic N) is 4. The van der Waals surface area contributed by atoms with Crippen molar-refractivity contribution in [1.29, 1.82) is 0 Å². The van der Waals surface area contributed by atoms with Crippen molar-refractivity contribution in [1.82, 2.24) is 20.0 Å². The van der Waals surface area contributed by atoms with E-state index in [-0.39, 0.29) is 24.5 Å². The number of ether oxygens (including phenoxy) is 2. The monoisotopic (exact) mass is 441 g/mol. The van der Waals surface area contributed by atoms with Crippen molar-refractivity contribution in [2.45, 2.75) is 50.9 Å². The first-order valence-electron chi connectivity index (χ1n) is 10.8. The molecule has 10 heteroatoms. The van der Waals surface area contributed by atoms with Gasteiger partial charge in [0.2, 0.25) is 5.91 Å². The zero-order chi connectivity index (χ0) is 22.8. The summed E-state index contributed by atoms with van der Waals surface area (Å²) in [6.07, 6.45) is 0.540. The third-order valence-corrected chi connectivity index (χ3v) is 6.24. The van der Waals surface area contributed by atoms with Crippen LogP contribution in [0.4, 0.5) is 15.4 Å². The minimum Gasteiger partial charge on any atom is -0.444 e. The Morgan fingerprint density at radius 2 is 2.06 bits per heavy atom. The lowest BCUT2D eigenvalue weighted by Gasteiger charge is -2.31. The largest absolute Gasteiger partial charge is 0.444 e. The standard InChI is InChI=1S/C22H27N5O5/c1-21(2,3)32-20(30)26-10-8-22(16(12-26)31-22)13-5-6-14-15(11-13)25(4)24-18(14)27-9-7-17(28)23-19(27)29/h5-6,11,16H,7-10,12H2,1-4H3,(H,23,28,29). The van der Waals surface area contributed by atoms with E-state index in [2.05, 4.69) is 10.4 Å². The number of carbonyl (C=O) groups excluding carboxylic acids is 3. The van der Waals surface area contributed by atoms with E-state index in [4.69, 9.17) is 9.47 Å². The van der Waals surface area contributed by atoms with Crippen molar-refractivity contribution >= 4 is 34.8 Å². The van der Waals surface area contributed by atoms with Gasteiger partial charge in [0.25, 0.3) is 0 Å². The van der Waals surface area contributed by atoms with Crippen LogP contribution >= 0.6 is 0 Å². The van der Waals surface area contributed by atoms with E-state index in [0.717, 1.165) is 16.5 Å². The van der Waals surface area contributed by atoms with Gasteiger partial charge in [-0.3, -0.25) is 19.7 Å². The molecule has 0 bridgehead atoms. The predicted molar refractivity (Wildman–Crippen MR) is 115 cm³/mol. The number of likely N-dealkylation sites (tertiary alicyclic amines) is 1. The first-order chi connectivity index (χ1) is 15.1. The summed E-state index contributed by atoms with van der Waals surface area (Å²) in [5, 5.41) is 7.72.